The molecule has 0 bridgehead atoms. The SMILES string of the molecule is CN=C(NCCCN1CCC(C)CC1)NCc1ccc([N+](=O)[O-])cc1. The summed E-state index contributed by atoms with van der Waals surface area (Å²) in [6.45, 7) is 7.36. The molecule has 7 heteroatoms. The van der Waals surface area contributed by atoms with Gasteiger partial charge in [-0.25, -0.2) is 0 Å². The van der Waals surface area contributed by atoms with Crippen LogP contribution >= 0.6 is 0 Å². The Kier molecular flexibility index (Phi) is 7.66. The summed E-state index contributed by atoms with van der Waals surface area (Å²) in [5.74, 6) is 1.63. The third-order valence-corrected chi connectivity index (χ3v) is 4.65. The Bertz CT molecular complexity index is 565. The predicted octanol–water partition coefficient (Wildman–Crippen LogP) is 2.38. The molecule has 25 heavy (non-hydrogen) atoms. The summed E-state index contributed by atoms with van der Waals surface area (Å²) in [5, 5.41) is 17.2. The van der Waals surface area contributed by atoms with E-state index in [0.29, 0.717) is 6.54 Å². The molecule has 0 saturated carbocycles. The number of guanidine groups is 1. The second-order valence-corrected chi connectivity index (χ2v) is 6.65. The van der Waals surface area contributed by atoms with Crippen LogP contribution in [0, 0.1) is 16.0 Å². The Balaban J connectivity index is 1.64. The molecule has 2 rings (SSSR count). The van der Waals surface area contributed by atoms with Crippen molar-refractivity contribution in [3.8, 4) is 0 Å². The summed E-state index contributed by atoms with van der Waals surface area (Å²) in [5.41, 5.74) is 1.09. The lowest BCUT2D eigenvalue weighted by atomic mass is 9.99. The van der Waals surface area contributed by atoms with Gasteiger partial charge in [0.25, 0.3) is 5.69 Å². The summed E-state index contributed by atoms with van der Waals surface area (Å²) >= 11 is 0. The zero-order chi connectivity index (χ0) is 18.1. The highest BCUT2D eigenvalue weighted by Gasteiger charge is 2.14. The number of benzene rings is 1. The van der Waals surface area contributed by atoms with E-state index in [0.717, 1.165) is 37.0 Å². The molecule has 0 aromatic heterocycles. The van der Waals surface area contributed by atoms with E-state index in [2.05, 4.69) is 27.4 Å². The molecular formula is C18H29N5O2. The second kappa shape index (κ2) is 9.98. The maximum Gasteiger partial charge on any atom is 0.269 e. The van der Waals surface area contributed by atoms with Crippen molar-refractivity contribution in [3.05, 3.63) is 39.9 Å². The van der Waals surface area contributed by atoms with Crippen LogP contribution in [-0.4, -0.2) is 49.0 Å². The average molecular weight is 347 g/mol. The van der Waals surface area contributed by atoms with Crippen LogP contribution < -0.4 is 10.6 Å². The number of rotatable bonds is 7. The summed E-state index contributed by atoms with van der Waals surface area (Å²) < 4.78 is 0. The topological polar surface area (TPSA) is 82.8 Å². The number of hydrogen-bond acceptors (Lipinski definition) is 4. The summed E-state index contributed by atoms with van der Waals surface area (Å²) in [4.78, 5) is 17.0. The molecule has 0 aliphatic carbocycles. The average Bonchev–Trinajstić information content (AvgIpc) is 2.63. The van der Waals surface area contributed by atoms with E-state index in [9.17, 15) is 10.1 Å². The fraction of sp³-hybridized carbons (Fsp3) is 0.611. The number of nitrogens with one attached hydrogen (secondary N) is 2. The van der Waals surface area contributed by atoms with Gasteiger partial charge in [-0.15, -0.1) is 0 Å². The quantitative estimate of drug-likeness (QED) is 0.260. The number of piperidine rings is 1. The number of non-ortho nitro benzene ring substituents is 1. The van der Waals surface area contributed by atoms with Gasteiger partial charge in [-0.1, -0.05) is 19.1 Å². The van der Waals surface area contributed by atoms with Crippen LogP contribution in [0.15, 0.2) is 29.3 Å². The third-order valence-electron chi connectivity index (χ3n) is 4.65. The highest BCUT2D eigenvalue weighted by Crippen LogP contribution is 2.15. The molecule has 0 amide bonds. The molecule has 1 aromatic carbocycles. The fourth-order valence-electron chi connectivity index (χ4n) is 2.94. The van der Waals surface area contributed by atoms with Crippen LogP contribution in [0.3, 0.4) is 0 Å². The molecule has 0 atom stereocenters. The minimum absolute atomic E-state index is 0.110. The lowest BCUT2D eigenvalue weighted by Crippen LogP contribution is -2.39. The summed E-state index contributed by atoms with van der Waals surface area (Å²) in [6.07, 6.45) is 3.71. The van der Waals surface area contributed by atoms with E-state index in [1.807, 2.05) is 0 Å². The van der Waals surface area contributed by atoms with Gasteiger partial charge in [-0.05, 0) is 50.4 Å². The zero-order valence-corrected chi connectivity index (χ0v) is 15.2. The van der Waals surface area contributed by atoms with Crippen LogP contribution in [0.5, 0.6) is 0 Å². The molecule has 7 nitrogen and oxygen atoms in total. The zero-order valence-electron chi connectivity index (χ0n) is 15.2. The van der Waals surface area contributed by atoms with Gasteiger partial charge < -0.3 is 15.5 Å². The van der Waals surface area contributed by atoms with Gasteiger partial charge in [0.1, 0.15) is 0 Å². The van der Waals surface area contributed by atoms with Crippen molar-refractivity contribution >= 4 is 11.6 Å². The Morgan fingerprint density at radius 1 is 1.28 bits per heavy atom. The van der Waals surface area contributed by atoms with Crippen LogP contribution in [0.2, 0.25) is 0 Å². The molecule has 138 valence electrons. The first-order valence-electron chi connectivity index (χ1n) is 8.98. The monoisotopic (exact) mass is 347 g/mol. The molecule has 1 aliphatic rings. The van der Waals surface area contributed by atoms with E-state index in [-0.39, 0.29) is 10.6 Å². The lowest BCUT2D eigenvalue weighted by Gasteiger charge is -2.30. The number of aliphatic imine (C=N–C) groups is 1. The van der Waals surface area contributed by atoms with E-state index < -0.39 is 0 Å². The maximum absolute atomic E-state index is 10.7. The summed E-state index contributed by atoms with van der Waals surface area (Å²) in [6, 6.07) is 6.56. The van der Waals surface area contributed by atoms with Gasteiger partial charge in [0.05, 0.1) is 4.92 Å². The van der Waals surface area contributed by atoms with Crippen LogP contribution in [-0.2, 0) is 6.54 Å². The van der Waals surface area contributed by atoms with Crippen LogP contribution in [0.1, 0.15) is 31.7 Å². The molecule has 1 aliphatic heterocycles. The molecule has 1 saturated heterocycles. The Morgan fingerprint density at radius 2 is 1.96 bits per heavy atom. The number of hydrogen-bond donors (Lipinski definition) is 2. The number of nitro groups is 1. The largest absolute Gasteiger partial charge is 0.356 e. The third kappa shape index (κ3) is 6.70. The molecule has 0 unspecified atom stereocenters. The predicted molar refractivity (Wildman–Crippen MR) is 101 cm³/mol. The Hall–Kier alpha value is -2.15. The normalized spacial score (nSPS) is 16.6. The van der Waals surface area contributed by atoms with Crippen molar-refractivity contribution in [2.24, 2.45) is 10.9 Å². The molecule has 0 radical (unpaired) electrons. The smallest absolute Gasteiger partial charge is 0.269 e. The van der Waals surface area contributed by atoms with Crippen molar-refractivity contribution in [1.82, 2.24) is 15.5 Å². The minimum Gasteiger partial charge on any atom is -0.356 e. The van der Waals surface area contributed by atoms with E-state index in [1.165, 1.54) is 38.1 Å². The lowest BCUT2D eigenvalue weighted by molar-refractivity contribution is -0.384. The maximum atomic E-state index is 10.7. The van der Waals surface area contributed by atoms with Crippen molar-refractivity contribution in [1.29, 1.82) is 0 Å². The molecule has 1 aromatic rings. The Morgan fingerprint density at radius 3 is 2.56 bits per heavy atom. The first-order chi connectivity index (χ1) is 12.1. The van der Waals surface area contributed by atoms with Crippen molar-refractivity contribution in [3.63, 3.8) is 0 Å². The van der Waals surface area contributed by atoms with Gasteiger partial charge in [0.2, 0.25) is 0 Å². The fourth-order valence-corrected chi connectivity index (χ4v) is 2.94. The van der Waals surface area contributed by atoms with Gasteiger partial charge in [0, 0.05) is 32.3 Å². The van der Waals surface area contributed by atoms with E-state index in [4.69, 9.17) is 0 Å². The highest BCUT2D eigenvalue weighted by atomic mass is 16.6. The second-order valence-electron chi connectivity index (χ2n) is 6.65. The van der Waals surface area contributed by atoms with Gasteiger partial charge in [0.15, 0.2) is 5.96 Å². The number of likely N-dealkylation sites (tertiary alicyclic amines) is 1. The van der Waals surface area contributed by atoms with Crippen molar-refractivity contribution in [2.75, 3.05) is 33.2 Å². The number of nitro benzene ring substituents is 1. The van der Waals surface area contributed by atoms with E-state index >= 15 is 0 Å². The first kappa shape index (κ1) is 19.2. The number of nitrogens with zero attached hydrogens (tertiary/aromatic N) is 3. The van der Waals surface area contributed by atoms with Crippen LogP contribution in [0.25, 0.3) is 0 Å². The van der Waals surface area contributed by atoms with Crippen molar-refractivity contribution in [2.45, 2.75) is 32.7 Å². The van der Waals surface area contributed by atoms with Crippen LogP contribution in [0.4, 0.5) is 5.69 Å². The molecule has 0 spiro atoms. The summed E-state index contributed by atoms with van der Waals surface area (Å²) in [7, 11) is 1.75. The van der Waals surface area contributed by atoms with E-state index in [1.54, 1.807) is 19.2 Å². The highest BCUT2D eigenvalue weighted by molar-refractivity contribution is 5.79. The standard InChI is InChI=1S/C18H29N5O2/c1-15-8-12-22(13-9-15)11-3-10-20-18(19-2)21-14-16-4-6-17(7-5-16)23(24)25/h4-7,15H,3,8-14H2,1-2H3,(H2,19,20,21). The molecule has 1 heterocycles. The molecule has 1 fully saturated rings. The molecular weight excluding hydrogens is 318 g/mol. The van der Waals surface area contributed by atoms with Gasteiger partial charge >= 0.3 is 0 Å². The Labute approximate surface area is 149 Å². The first-order valence-corrected chi connectivity index (χ1v) is 8.98. The minimum atomic E-state index is -0.388. The van der Waals surface area contributed by atoms with Crippen molar-refractivity contribution < 1.29 is 4.92 Å². The van der Waals surface area contributed by atoms with Gasteiger partial charge in [-0.2, -0.15) is 0 Å². The van der Waals surface area contributed by atoms with Gasteiger partial charge in [-0.3, -0.25) is 15.1 Å². The molecule has 2 N–H and O–H groups in total.